The number of aliphatic hydroxyl groups is 2. The molecule has 0 amide bonds. The number of non-ortho nitro benzene ring substituents is 1. The lowest BCUT2D eigenvalue weighted by atomic mass is 9.99. The molecule has 0 aliphatic heterocycles. The number of ether oxygens (including phenoxy) is 1. The second-order valence-electron chi connectivity index (χ2n) is 8.38. The van der Waals surface area contributed by atoms with Crippen molar-refractivity contribution in [2.24, 2.45) is 0 Å². The Labute approximate surface area is 204 Å². The predicted molar refractivity (Wildman–Crippen MR) is 133 cm³/mol. The van der Waals surface area contributed by atoms with Gasteiger partial charge in [-0.15, -0.1) is 5.73 Å². The maximum absolute atomic E-state index is 10.9. The summed E-state index contributed by atoms with van der Waals surface area (Å²) >= 11 is 0. The molecule has 0 aliphatic carbocycles. The molecule has 0 aromatic heterocycles. The van der Waals surface area contributed by atoms with Gasteiger partial charge in [-0.05, 0) is 78.6 Å². The average molecular weight is 476 g/mol. The van der Waals surface area contributed by atoms with Gasteiger partial charge in [0.15, 0.2) is 0 Å². The number of benzene rings is 3. The molecular weight excluding hydrogens is 446 g/mol. The number of rotatable bonds is 10. The van der Waals surface area contributed by atoms with Gasteiger partial charge in [0.05, 0.1) is 17.1 Å². The van der Waals surface area contributed by atoms with Crippen LogP contribution in [0.25, 0.3) is 0 Å². The quantitative estimate of drug-likeness (QED) is 0.199. The van der Waals surface area contributed by atoms with E-state index in [2.05, 4.69) is 5.73 Å². The number of nitrogens with zero attached hydrogens (tertiary/aromatic N) is 1. The van der Waals surface area contributed by atoms with Crippen molar-refractivity contribution in [3.8, 4) is 11.5 Å². The van der Waals surface area contributed by atoms with Crippen molar-refractivity contribution in [3.05, 3.63) is 116 Å². The van der Waals surface area contributed by atoms with Gasteiger partial charge in [-0.2, -0.15) is 0 Å². The highest BCUT2D eigenvalue weighted by atomic mass is 16.6. The first-order valence-electron chi connectivity index (χ1n) is 11.3. The van der Waals surface area contributed by atoms with E-state index in [9.17, 15) is 25.4 Å². The highest BCUT2D eigenvalue weighted by Crippen LogP contribution is 2.28. The van der Waals surface area contributed by atoms with E-state index in [-0.39, 0.29) is 30.9 Å². The van der Waals surface area contributed by atoms with Gasteiger partial charge in [0, 0.05) is 30.5 Å². The zero-order valence-electron chi connectivity index (χ0n) is 19.7. The number of nitro groups is 1. The summed E-state index contributed by atoms with van der Waals surface area (Å²) < 4.78 is 5.83. The fourth-order valence-corrected chi connectivity index (χ4v) is 3.65. The fraction of sp³-hybridized carbons (Fsp3) is 0.250. The number of aliphatic hydroxyl groups excluding tert-OH is 2. The van der Waals surface area contributed by atoms with Crippen LogP contribution in [0.4, 0.5) is 5.69 Å². The van der Waals surface area contributed by atoms with E-state index in [0.29, 0.717) is 33.6 Å². The van der Waals surface area contributed by atoms with Crippen molar-refractivity contribution in [1.82, 2.24) is 0 Å². The van der Waals surface area contributed by atoms with E-state index < -0.39 is 17.1 Å². The molecule has 3 N–H and O–H groups in total. The second kappa shape index (κ2) is 12.0. The summed E-state index contributed by atoms with van der Waals surface area (Å²) in [6, 6.07) is 18.5. The molecule has 0 fully saturated rings. The van der Waals surface area contributed by atoms with Crippen LogP contribution in [-0.2, 0) is 0 Å². The molecule has 0 saturated heterocycles. The van der Waals surface area contributed by atoms with Crippen LogP contribution in [0.2, 0.25) is 0 Å². The maximum atomic E-state index is 10.9. The normalized spacial score (nSPS) is 12.3. The molecule has 2 atom stereocenters. The van der Waals surface area contributed by atoms with Gasteiger partial charge in [0.25, 0.3) is 5.69 Å². The van der Waals surface area contributed by atoms with Gasteiger partial charge in [-0.25, -0.2) is 0 Å². The number of para-hydroxylation sites is 1. The van der Waals surface area contributed by atoms with Crippen molar-refractivity contribution in [2.75, 3.05) is 6.61 Å². The van der Waals surface area contributed by atoms with E-state index in [4.69, 9.17) is 4.74 Å². The van der Waals surface area contributed by atoms with Crippen LogP contribution >= 0.6 is 0 Å². The summed E-state index contributed by atoms with van der Waals surface area (Å²) in [5, 5.41) is 42.2. The third-order valence-corrected chi connectivity index (χ3v) is 5.63. The molecular formula is C28H29NO6. The molecule has 7 heteroatoms. The number of hydrogen-bond acceptors (Lipinski definition) is 6. The number of phenols is 1. The van der Waals surface area contributed by atoms with Crippen LogP contribution in [0, 0.1) is 24.0 Å². The number of aryl methyl sites for hydroxylation is 2. The van der Waals surface area contributed by atoms with E-state index >= 15 is 0 Å². The highest BCUT2D eigenvalue weighted by Gasteiger charge is 2.14. The van der Waals surface area contributed by atoms with Crippen molar-refractivity contribution < 1.29 is 25.0 Å². The van der Waals surface area contributed by atoms with E-state index in [0.717, 1.165) is 0 Å². The Kier molecular flexibility index (Phi) is 8.81. The number of phenolic OH excluding ortho intramolecular Hbond substituents is 1. The number of aromatic hydroxyl groups is 1. The van der Waals surface area contributed by atoms with Crippen LogP contribution in [0.15, 0.2) is 84.1 Å². The van der Waals surface area contributed by atoms with Crippen molar-refractivity contribution in [3.63, 3.8) is 0 Å². The van der Waals surface area contributed by atoms with Crippen LogP contribution in [0.5, 0.6) is 11.5 Å². The lowest BCUT2D eigenvalue weighted by molar-refractivity contribution is -0.384. The SMILES string of the molecule is Cc1cc([C@H](O)CC=C=C(COc2ccccc2)C[C@@H](O)c2ccc([N+](=O)[O-])cc2)cc(C)c1O. The van der Waals surface area contributed by atoms with Crippen molar-refractivity contribution in [2.45, 2.75) is 38.9 Å². The minimum Gasteiger partial charge on any atom is -0.507 e. The van der Waals surface area contributed by atoms with Gasteiger partial charge >= 0.3 is 0 Å². The highest BCUT2D eigenvalue weighted by molar-refractivity contribution is 5.43. The molecule has 3 aromatic rings. The average Bonchev–Trinajstić information content (AvgIpc) is 2.85. The minimum atomic E-state index is -0.904. The van der Waals surface area contributed by atoms with E-state index in [1.165, 1.54) is 24.3 Å². The predicted octanol–water partition coefficient (Wildman–Crippen LogP) is 5.62. The van der Waals surface area contributed by atoms with Crippen molar-refractivity contribution >= 4 is 5.69 Å². The molecule has 0 unspecified atom stereocenters. The molecule has 0 radical (unpaired) electrons. The number of nitro benzene ring substituents is 1. The first-order chi connectivity index (χ1) is 16.7. The summed E-state index contributed by atoms with van der Waals surface area (Å²) in [5.41, 5.74) is 6.41. The minimum absolute atomic E-state index is 0.0438. The van der Waals surface area contributed by atoms with Gasteiger partial charge in [-0.1, -0.05) is 18.2 Å². The fourth-order valence-electron chi connectivity index (χ4n) is 3.65. The Hall–Kier alpha value is -3.90. The summed E-state index contributed by atoms with van der Waals surface area (Å²) in [4.78, 5) is 10.4. The lowest BCUT2D eigenvalue weighted by Crippen LogP contribution is -2.06. The largest absolute Gasteiger partial charge is 0.507 e. The Morgan fingerprint density at radius 3 is 2.23 bits per heavy atom. The molecule has 3 aromatic carbocycles. The molecule has 3 rings (SSSR count). The Morgan fingerprint density at radius 2 is 1.63 bits per heavy atom. The molecule has 182 valence electrons. The first kappa shape index (κ1) is 25.7. The molecule has 35 heavy (non-hydrogen) atoms. The van der Waals surface area contributed by atoms with E-state index in [1.54, 1.807) is 32.1 Å². The van der Waals surface area contributed by atoms with Crippen LogP contribution in [-0.4, -0.2) is 26.8 Å². The molecule has 0 saturated carbocycles. The van der Waals surface area contributed by atoms with E-state index in [1.807, 2.05) is 30.3 Å². The molecule has 0 spiro atoms. The summed E-state index contributed by atoms with van der Waals surface area (Å²) in [6.07, 6.45) is 0.504. The zero-order chi connectivity index (χ0) is 25.4. The third kappa shape index (κ3) is 7.29. The molecule has 0 aliphatic rings. The lowest BCUT2D eigenvalue weighted by Gasteiger charge is -2.14. The van der Waals surface area contributed by atoms with Crippen molar-refractivity contribution in [1.29, 1.82) is 0 Å². The Bertz CT molecular complexity index is 1190. The number of hydrogen-bond donors (Lipinski definition) is 3. The Morgan fingerprint density at radius 1 is 1.00 bits per heavy atom. The molecule has 0 bridgehead atoms. The Balaban J connectivity index is 1.77. The maximum Gasteiger partial charge on any atom is 0.269 e. The standard InChI is InChI=1S/C28H29NO6/c1-19-15-23(16-20(2)28(19)32)26(30)10-6-7-21(18-35-25-8-4-3-5-9-25)17-27(31)22-11-13-24(14-12-22)29(33)34/h3-6,8-9,11-16,26-27,30-32H,10,17-18H2,1-2H3/t7?,26-,27-/m1/s1. The zero-order valence-corrected chi connectivity index (χ0v) is 19.7. The van der Waals surface area contributed by atoms with Crippen LogP contribution < -0.4 is 4.74 Å². The smallest absolute Gasteiger partial charge is 0.269 e. The summed E-state index contributed by atoms with van der Waals surface area (Å²) in [5.74, 6) is 0.892. The molecule has 7 nitrogen and oxygen atoms in total. The summed E-state index contributed by atoms with van der Waals surface area (Å²) in [7, 11) is 0. The monoisotopic (exact) mass is 475 g/mol. The van der Waals surface area contributed by atoms with Crippen LogP contribution in [0.1, 0.15) is 47.3 Å². The summed E-state index contributed by atoms with van der Waals surface area (Å²) in [6.45, 7) is 3.75. The third-order valence-electron chi connectivity index (χ3n) is 5.63. The van der Waals surface area contributed by atoms with Crippen LogP contribution in [0.3, 0.4) is 0 Å². The topological polar surface area (TPSA) is 113 Å². The molecule has 0 heterocycles. The van der Waals surface area contributed by atoms with Gasteiger partial charge < -0.3 is 20.1 Å². The first-order valence-corrected chi connectivity index (χ1v) is 11.3. The second-order valence-corrected chi connectivity index (χ2v) is 8.38. The van der Waals surface area contributed by atoms with Gasteiger partial charge in [-0.3, -0.25) is 10.1 Å². The van der Waals surface area contributed by atoms with Gasteiger partial charge in [0.2, 0.25) is 0 Å². The van der Waals surface area contributed by atoms with Gasteiger partial charge in [0.1, 0.15) is 18.1 Å².